The molecule has 4 heteroatoms. The summed E-state index contributed by atoms with van der Waals surface area (Å²) < 4.78 is 5.85. The molecular weight excluding hydrogens is 264 g/mol. The third-order valence-corrected chi connectivity index (χ3v) is 5.29. The molecule has 3 aliphatic rings. The molecule has 0 spiro atoms. The number of rotatable bonds is 7. The summed E-state index contributed by atoms with van der Waals surface area (Å²) in [6, 6.07) is 0. The van der Waals surface area contributed by atoms with E-state index in [-0.39, 0.29) is 6.10 Å². The van der Waals surface area contributed by atoms with Crippen molar-refractivity contribution in [3.8, 4) is 0 Å². The van der Waals surface area contributed by atoms with Gasteiger partial charge in [-0.2, -0.15) is 0 Å². The fourth-order valence-corrected chi connectivity index (χ4v) is 3.38. The SMILES string of the molecule is CN1CCOC(CN(CC2CC2)C(=O)CCC2CCC2)C1. The first-order valence-corrected chi connectivity index (χ1v) is 8.78. The zero-order valence-electron chi connectivity index (χ0n) is 13.4. The standard InChI is InChI=1S/C17H30N2O2/c1-18-9-10-21-16(12-18)13-19(11-15-5-6-15)17(20)8-7-14-3-2-4-14/h14-16H,2-13H2,1H3. The second-order valence-corrected chi connectivity index (χ2v) is 7.33. The first-order chi connectivity index (χ1) is 10.2. The van der Waals surface area contributed by atoms with Gasteiger partial charge in [-0.3, -0.25) is 4.79 Å². The first kappa shape index (κ1) is 15.3. The van der Waals surface area contributed by atoms with Gasteiger partial charge in [0.05, 0.1) is 12.7 Å². The number of ether oxygens (including phenoxy) is 1. The van der Waals surface area contributed by atoms with Crippen molar-refractivity contribution in [1.82, 2.24) is 9.80 Å². The normalized spacial score (nSPS) is 27.4. The Balaban J connectivity index is 1.47. The van der Waals surface area contributed by atoms with Crippen LogP contribution in [0.1, 0.15) is 44.9 Å². The van der Waals surface area contributed by atoms with Gasteiger partial charge in [0.25, 0.3) is 0 Å². The molecule has 1 amide bonds. The highest BCUT2D eigenvalue weighted by Crippen LogP contribution is 2.32. The molecule has 2 aliphatic carbocycles. The van der Waals surface area contributed by atoms with Crippen molar-refractivity contribution < 1.29 is 9.53 Å². The van der Waals surface area contributed by atoms with Crippen molar-refractivity contribution in [2.24, 2.45) is 11.8 Å². The van der Waals surface area contributed by atoms with Crippen LogP contribution in [0.2, 0.25) is 0 Å². The van der Waals surface area contributed by atoms with Crippen molar-refractivity contribution >= 4 is 5.91 Å². The van der Waals surface area contributed by atoms with E-state index in [0.29, 0.717) is 5.91 Å². The van der Waals surface area contributed by atoms with E-state index in [4.69, 9.17) is 4.74 Å². The van der Waals surface area contributed by atoms with E-state index in [1.807, 2.05) is 0 Å². The van der Waals surface area contributed by atoms with Crippen molar-refractivity contribution in [2.45, 2.75) is 51.0 Å². The van der Waals surface area contributed by atoms with Gasteiger partial charge < -0.3 is 14.5 Å². The van der Waals surface area contributed by atoms with Crippen molar-refractivity contribution in [2.75, 3.05) is 39.8 Å². The number of amides is 1. The molecule has 1 atom stereocenters. The van der Waals surface area contributed by atoms with Gasteiger partial charge in [-0.05, 0) is 38.1 Å². The summed E-state index contributed by atoms with van der Waals surface area (Å²) in [5.41, 5.74) is 0. The molecule has 0 radical (unpaired) electrons. The molecule has 2 saturated carbocycles. The average Bonchev–Trinajstić information content (AvgIpc) is 3.20. The predicted octanol–water partition coefficient (Wildman–Crippen LogP) is 2.14. The first-order valence-electron chi connectivity index (χ1n) is 8.78. The van der Waals surface area contributed by atoms with Gasteiger partial charge in [0.1, 0.15) is 0 Å². The zero-order chi connectivity index (χ0) is 14.7. The largest absolute Gasteiger partial charge is 0.374 e. The van der Waals surface area contributed by atoms with Crippen LogP contribution in [0, 0.1) is 11.8 Å². The maximum absolute atomic E-state index is 12.6. The molecule has 120 valence electrons. The van der Waals surface area contributed by atoms with E-state index >= 15 is 0 Å². The Labute approximate surface area is 128 Å². The number of hydrogen-bond acceptors (Lipinski definition) is 3. The second-order valence-electron chi connectivity index (χ2n) is 7.33. The lowest BCUT2D eigenvalue weighted by molar-refractivity contribution is -0.135. The van der Waals surface area contributed by atoms with Crippen LogP contribution in [0.3, 0.4) is 0 Å². The Morgan fingerprint density at radius 3 is 2.62 bits per heavy atom. The highest BCUT2D eigenvalue weighted by Gasteiger charge is 2.30. The van der Waals surface area contributed by atoms with E-state index < -0.39 is 0 Å². The summed E-state index contributed by atoms with van der Waals surface area (Å²) in [4.78, 5) is 17.0. The number of hydrogen-bond donors (Lipinski definition) is 0. The zero-order valence-corrected chi connectivity index (χ0v) is 13.4. The topological polar surface area (TPSA) is 32.8 Å². The molecule has 0 aromatic rings. The van der Waals surface area contributed by atoms with Gasteiger partial charge in [-0.1, -0.05) is 19.3 Å². The fraction of sp³-hybridized carbons (Fsp3) is 0.941. The minimum atomic E-state index is 0.204. The summed E-state index contributed by atoms with van der Waals surface area (Å²) >= 11 is 0. The highest BCUT2D eigenvalue weighted by atomic mass is 16.5. The molecule has 0 aromatic carbocycles. The summed E-state index contributed by atoms with van der Waals surface area (Å²) in [5, 5.41) is 0. The molecule has 0 aromatic heterocycles. The maximum atomic E-state index is 12.6. The van der Waals surface area contributed by atoms with Crippen LogP contribution in [0.15, 0.2) is 0 Å². The van der Waals surface area contributed by atoms with E-state index in [2.05, 4.69) is 16.8 Å². The van der Waals surface area contributed by atoms with Crippen LogP contribution in [-0.4, -0.2) is 61.6 Å². The van der Waals surface area contributed by atoms with Gasteiger partial charge in [-0.25, -0.2) is 0 Å². The minimum absolute atomic E-state index is 0.204. The van der Waals surface area contributed by atoms with Gasteiger partial charge in [0.15, 0.2) is 0 Å². The van der Waals surface area contributed by atoms with Crippen LogP contribution in [0.5, 0.6) is 0 Å². The van der Waals surface area contributed by atoms with Crippen LogP contribution < -0.4 is 0 Å². The quantitative estimate of drug-likeness (QED) is 0.721. The van der Waals surface area contributed by atoms with Crippen molar-refractivity contribution in [3.05, 3.63) is 0 Å². The van der Waals surface area contributed by atoms with Crippen molar-refractivity contribution in [1.29, 1.82) is 0 Å². The number of likely N-dealkylation sites (N-methyl/N-ethyl adjacent to an activating group) is 1. The lowest BCUT2D eigenvalue weighted by Gasteiger charge is -2.34. The Morgan fingerprint density at radius 1 is 1.19 bits per heavy atom. The van der Waals surface area contributed by atoms with Gasteiger partial charge in [0.2, 0.25) is 5.91 Å². The minimum Gasteiger partial charge on any atom is -0.374 e. The Bertz CT molecular complexity index is 353. The molecule has 3 rings (SSSR count). The molecule has 1 unspecified atom stereocenters. The second kappa shape index (κ2) is 7.10. The lowest BCUT2D eigenvalue weighted by atomic mass is 9.82. The lowest BCUT2D eigenvalue weighted by Crippen LogP contribution is -2.48. The molecular formula is C17H30N2O2. The van der Waals surface area contributed by atoms with Crippen LogP contribution in [0.25, 0.3) is 0 Å². The molecule has 1 heterocycles. The summed E-state index contributed by atoms with van der Waals surface area (Å²) in [7, 11) is 2.14. The molecule has 0 N–H and O–H groups in total. The van der Waals surface area contributed by atoms with Gasteiger partial charge in [-0.15, -0.1) is 0 Å². The number of carbonyl (C=O) groups excluding carboxylic acids is 1. The van der Waals surface area contributed by atoms with E-state index in [9.17, 15) is 4.79 Å². The number of carbonyl (C=O) groups is 1. The third-order valence-electron chi connectivity index (χ3n) is 5.29. The van der Waals surface area contributed by atoms with Crippen LogP contribution in [0.4, 0.5) is 0 Å². The number of nitrogens with zero attached hydrogens (tertiary/aromatic N) is 2. The highest BCUT2D eigenvalue weighted by molar-refractivity contribution is 5.76. The molecule has 0 bridgehead atoms. The van der Waals surface area contributed by atoms with Crippen LogP contribution >= 0.6 is 0 Å². The summed E-state index contributed by atoms with van der Waals surface area (Å²) in [6.07, 6.45) is 8.71. The smallest absolute Gasteiger partial charge is 0.222 e. The Kier molecular flexibility index (Phi) is 5.17. The van der Waals surface area contributed by atoms with Crippen molar-refractivity contribution in [3.63, 3.8) is 0 Å². The fourth-order valence-electron chi connectivity index (χ4n) is 3.38. The summed E-state index contributed by atoms with van der Waals surface area (Å²) in [6.45, 7) is 4.53. The maximum Gasteiger partial charge on any atom is 0.222 e. The predicted molar refractivity (Wildman–Crippen MR) is 83.1 cm³/mol. The van der Waals surface area contributed by atoms with E-state index in [0.717, 1.165) is 57.5 Å². The monoisotopic (exact) mass is 294 g/mol. The molecule has 3 fully saturated rings. The van der Waals surface area contributed by atoms with E-state index in [1.54, 1.807) is 0 Å². The molecule has 21 heavy (non-hydrogen) atoms. The summed E-state index contributed by atoms with van der Waals surface area (Å²) in [5.74, 6) is 1.96. The van der Waals surface area contributed by atoms with Gasteiger partial charge >= 0.3 is 0 Å². The Morgan fingerprint density at radius 2 is 2.00 bits per heavy atom. The third kappa shape index (κ3) is 4.68. The van der Waals surface area contributed by atoms with Crippen LogP contribution in [-0.2, 0) is 9.53 Å². The molecule has 1 saturated heterocycles. The molecule has 4 nitrogen and oxygen atoms in total. The number of morpholine rings is 1. The van der Waals surface area contributed by atoms with Gasteiger partial charge in [0, 0.05) is 32.6 Å². The van der Waals surface area contributed by atoms with E-state index in [1.165, 1.54) is 32.1 Å². The Hall–Kier alpha value is -0.610. The average molecular weight is 294 g/mol. The molecule has 1 aliphatic heterocycles.